The molecule has 3 nitrogen and oxygen atoms in total. The lowest BCUT2D eigenvalue weighted by molar-refractivity contribution is 0.161. The van der Waals surface area contributed by atoms with Gasteiger partial charge in [0.15, 0.2) is 0 Å². The van der Waals surface area contributed by atoms with Crippen LogP contribution < -0.4 is 0 Å². The van der Waals surface area contributed by atoms with E-state index in [2.05, 4.69) is 9.88 Å². The van der Waals surface area contributed by atoms with Crippen LogP contribution >= 0.6 is 0 Å². The Morgan fingerprint density at radius 1 is 1.56 bits per heavy atom. The molecule has 88 valence electrons. The molecule has 1 aromatic heterocycles. The molecule has 16 heavy (non-hydrogen) atoms. The average Bonchev–Trinajstić information content (AvgIpc) is 2.30. The van der Waals surface area contributed by atoms with Gasteiger partial charge in [-0.15, -0.1) is 0 Å². The summed E-state index contributed by atoms with van der Waals surface area (Å²) in [6, 6.07) is 3.76. The predicted octanol–water partition coefficient (Wildman–Crippen LogP) is 2.36. The summed E-state index contributed by atoms with van der Waals surface area (Å²) in [5.74, 6) is 0. The third-order valence-electron chi connectivity index (χ3n) is 2.46. The average molecular weight is 220 g/mol. The van der Waals surface area contributed by atoms with Gasteiger partial charge in [0, 0.05) is 26.0 Å². The van der Waals surface area contributed by atoms with Crippen molar-refractivity contribution >= 4 is 0 Å². The van der Waals surface area contributed by atoms with Gasteiger partial charge < -0.3 is 10.0 Å². The normalized spacial score (nSPS) is 12.9. The van der Waals surface area contributed by atoms with E-state index >= 15 is 0 Å². The highest BCUT2D eigenvalue weighted by Gasteiger charge is 2.06. The first-order valence-electron chi connectivity index (χ1n) is 5.65. The maximum atomic E-state index is 9.89. The van der Waals surface area contributed by atoms with E-state index in [1.165, 1.54) is 0 Å². The van der Waals surface area contributed by atoms with E-state index < -0.39 is 6.10 Å². The van der Waals surface area contributed by atoms with E-state index in [-0.39, 0.29) is 0 Å². The van der Waals surface area contributed by atoms with E-state index in [0.29, 0.717) is 0 Å². The molecule has 1 aromatic rings. The van der Waals surface area contributed by atoms with Gasteiger partial charge in [0.05, 0.1) is 6.10 Å². The van der Waals surface area contributed by atoms with Gasteiger partial charge in [-0.1, -0.05) is 12.1 Å². The molecule has 1 atom stereocenters. The zero-order valence-corrected chi connectivity index (χ0v) is 10.0. The van der Waals surface area contributed by atoms with Crippen LogP contribution in [0.2, 0.25) is 0 Å². The lowest BCUT2D eigenvalue weighted by Crippen LogP contribution is -2.13. The lowest BCUT2D eigenvalue weighted by atomic mass is 10.1. The van der Waals surface area contributed by atoms with Gasteiger partial charge in [-0.3, -0.25) is 4.98 Å². The number of nitrogens with zero attached hydrogens (tertiary/aromatic N) is 2. The second kappa shape index (κ2) is 7.01. The van der Waals surface area contributed by atoms with Gasteiger partial charge in [0.2, 0.25) is 0 Å². The van der Waals surface area contributed by atoms with E-state index in [4.69, 9.17) is 0 Å². The fourth-order valence-corrected chi connectivity index (χ4v) is 1.60. The Bertz CT molecular complexity index is 311. The van der Waals surface area contributed by atoms with Crippen LogP contribution in [0.4, 0.5) is 0 Å². The molecule has 0 aliphatic carbocycles. The van der Waals surface area contributed by atoms with Crippen LogP contribution in [0.5, 0.6) is 0 Å². The minimum absolute atomic E-state index is 0.396. The number of pyridine rings is 1. The fourth-order valence-electron chi connectivity index (χ4n) is 1.60. The quantitative estimate of drug-likeness (QED) is 0.799. The number of aliphatic hydroxyl groups excluding tert-OH is 1. The van der Waals surface area contributed by atoms with Crippen LogP contribution in [0, 0.1) is 0 Å². The topological polar surface area (TPSA) is 36.4 Å². The molecule has 3 heteroatoms. The molecule has 1 unspecified atom stereocenters. The first-order chi connectivity index (χ1) is 7.74. The zero-order chi connectivity index (χ0) is 11.8. The molecule has 0 aromatic carbocycles. The summed E-state index contributed by atoms with van der Waals surface area (Å²) < 4.78 is 0. The van der Waals surface area contributed by atoms with Gasteiger partial charge >= 0.3 is 0 Å². The van der Waals surface area contributed by atoms with Crippen molar-refractivity contribution in [3.8, 4) is 0 Å². The summed E-state index contributed by atoms with van der Waals surface area (Å²) in [5.41, 5.74) is 0.899. The van der Waals surface area contributed by atoms with Gasteiger partial charge in [-0.05, 0) is 37.6 Å². The first-order valence-corrected chi connectivity index (χ1v) is 5.65. The minimum atomic E-state index is -0.396. The molecule has 0 saturated heterocycles. The van der Waals surface area contributed by atoms with E-state index in [1.54, 1.807) is 12.4 Å². The number of hydrogen-bond acceptors (Lipinski definition) is 3. The third kappa shape index (κ3) is 4.45. The van der Waals surface area contributed by atoms with Crippen LogP contribution in [-0.2, 0) is 0 Å². The van der Waals surface area contributed by atoms with Crippen molar-refractivity contribution in [2.45, 2.75) is 25.9 Å². The maximum absolute atomic E-state index is 9.89. The van der Waals surface area contributed by atoms with Crippen molar-refractivity contribution in [2.24, 2.45) is 0 Å². The molecule has 1 heterocycles. The van der Waals surface area contributed by atoms with Crippen LogP contribution in [0.3, 0.4) is 0 Å². The number of aliphatic hydroxyl groups is 1. The highest BCUT2D eigenvalue weighted by atomic mass is 16.3. The van der Waals surface area contributed by atoms with Crippen LogP contribution in [0.1, 0.15) is 31.4 Å². The lowest BCUT2D eigenvalue weighted by Gasteiger charge is -2.15. The van der Waals surface area contributed by atoms with E-state index in [0.717, 1.165) is 24.9 Å². The zero-order valence-electron chi connectivity index (χ0n) is 10.0. The molecular weight excluding hydrogens is 200 g/mol. The van der Waals surface area contributed by atoms with Crippen molar-refractivity contribution in [3.63, 3.8) is 0 Å². The van der Waals surface area contributed by atoms with Crippen molar-refractivity contribution in [2.75, 3.05) is 13.6 Å². The van der Waals surface area contributed by atoms with Gasteiger partial charge in [0.1, 0.15) is 0 Å². The molecule has 0 saturated carbocycles. The largest absolute Gasteiger partial charge is 0.388 e. The van der Waals surface area contributed by atoms with Crippen molar-refractivity contribution in [3.05, 3.63) is 42.4 Å². The fraction of sp³-hybridized carbons (Fsp3) is 0.462. The number of rotatable bonds is 6. The first kappa shape index (κ1) is 12.7. The summed E-state index contributed by atoms with van der Waals surface area (Å²) in [6.07, 6.45) is 8.84. The Morgan fingerprint density at radius 3 is 3.00 bits per heavy atom. The summed E-state index contributed by atoms with van der Waals surface area (Å²) in [4.78, 5) is 6.12. The number of allylic oxidation sites excluding steroid dienone is 1. The standard InChI is InChI=1S/C13H20N2O/c1-3-9-15(2)10-5-7-13(16)12-6-4-8-14-11-12/h3-4,6,8-9,11,13,16H,5,7,10H2,1-2H3/b9-3+. The van der Waals surface area contributed by atoms with Gasteiger partial charge in [0.25, 0.3) is 0 Å². The Morgan fingerprint density at radius 2 is 2.38 bits per heavy atom. The van der Waals surface area contributed by atoms with Gasteiger partial charge in [-0.25, -0.2) is 0 Å². The Kier molecular flexibility index (Phi) is 5.57. The molecule has 0 bridgehead atoms. The van der Waals surface area contributed by atoms with E-state index in [9.17, 15) is 5.11 Å². The summed E-state index contributed by atoms with van der Waals surface area (Å²) >= 11 is 0. The van der Waals surface area contributed by atoms with Gasteiger partial charge in [-0.2, -0.15) is 0 Å². The summed E-state index contributed by atoms with van der Waals surface area (Å²) in [5, 5.41) is 9.89. The van der Waals surface area contributed by atoms with E-state index in [1.807, 2.05) is 38.4 Å². The Hall–Kier alpha value is -1.35. The molecule has 1 N–H and O–H groups in total. The molecule has 0 aliphatic rings. The number of aromatic nitrogens is 1. The maximum Gasteiger partial charge on any atom is 0.0805 e. The monoisotopic (exact) mass is 220 g/mol. The Labute approximate surface area is 97.4 Å². The second-order valence-electron chi connectivity index (χ2n) is 3.91. The minimum Gasteiger partial charge on any atom is -0.388 e. The van der Waals surface area contributed by atoms with Crippen molar-refractivity contribution in [1.82, 2.24) is 9.88 Å². The molecule has 1 rings (SSSR count). The molecular formula is C13H20N2O. The third-order valence-corrected chi connectivity index (χ3v) is 2.46. The number of hydrogen-bond donors (Lipinski definition) is 1. The van der Waals surface area contributed by atoms with Crippen LogP contribution in [0.15, 0.2) is 36.8 Å². The molecule has 0 aliphatic heterocycles. The SMILES string of the molecule is C/C=C/N(C)CCCC(O)c1cccnc1. The van der Waals surface area contributed by atoms with Crippen LogP contribution in [-0.4, -0.2) is 28.6 Å². The molecule has 0 spiro atoms. The predicted molar refractivity (Wildman–Crippen MR) is 65.9 cm³/mol. The summed E-state index contributed by atoms with van der Waals surface area (Å²) in [7, 11) is 2.04. The highest BCUT2D eigenvalue weighted by Crippen LogP contribution is 2.16. The molecule has 0 amide bonds. The van der Waals surface area contributed by atoms with Crippen molar-refractivity contribution < 1.29 is 5.11 Å². The molecule has 0 fully saturated rings. The summed E-state index contributed by atoms with van der Waals surface area (Å²) in [6.45, 7) is 2.96. The second-order valence-corrected chi connectivity index (χ2v) is 3.91. The van der Waals surface area contributed by atoms with Crippen molar-refractivity contribution in [1.29, 1.82) is 0 Å². The highest BCUT2D eigenvalue weighted by molar-refractivity contribution is 5.11. The smallest absolute Gasteiger partial charge is 0.0805 e. The Balaban J connectivity index is 2.28. The van der Waals surface area contributed by atoms with Crippen LogP contribution in [0.25, 0.3) is 0 Å². The molecule has 0 radical (unpaired) electrons.